The molecule has 1 N–H and O–H groups in total. The number of anilines is 1. The van der Waals surface area contributed by atoms with Crippen molar-refractivity contribution < 1.29 is 9.53 Å². The normalized spacial score (nSPS) is 10.4. The van der Waals surface area contributed by atoms with E-state index in [4.69, 9.17) is 0 Å². The van der Waals surface area contributed by atoms with Crippen molar-refractivity contribution >= 4 is 11.8 Å². The maximum absolute atomic E-state index is 11.4. The van der Waals surface area contributed by atoms with E-state index in [0.29, 0.717) is 23.7 Å². The first-order valence-electron chi connectivity index (χ1n) is 7.49. The molecule has 1 aromatic carbocycles. The lowest BCUT2D eigenvalue weighted by Crippen LogP contribution is -2.09. The molecule has 7 nitrogen and oxygen atoms in total. The van der Waals surface area contributed by atoms with Crippen LogP contribution in [0.4, 0.5) is 5.82 Å². The van der Waals surface area contributed by atoms with Gasteiger partial charge in [0.1, 0.15) is 5.82 Å². The van der Waals surface area contributed by atoms with Crippen LogP contribution in [0, 0.1) is 0 Å². The first kappa shape index (κ1) is 15.7. The molecule has 0 amide bonds. The fourth-order valence-corrected chi connectivity index (χ4v) is 2.22. The van der Waals surface area contributed by atoms with Crippen molar-refractivity contribution in [1.82, 2.24) is 19.7 Å². The van der Waals surface area contributed by atoms with Crippen molar-refractivity contribution in [3.63, 3.8) is 0 Å². The summed E-state index contributed by atoms with van der Waals surface area (Å²) in [5.74, 6) is 1.02. The van der Waals surface area contributed by atoms with E-state index < -0.39 is 0 Å². The number of ether oxygens (including phenoxy) is 1. The summed E-state index contributed by atoms with van der Waals surface area (Å²) < 4.78 is 6.34. The highest BCUT2D eigenvalue weighted by Gasteiger charge is 2.05. The van der Waals surface area contributed by atoms with E-state index in [1.165, 1.54) is 7.11 Å². The second-order valence-corrected chi connectivity index (χ2v) is 5.08. The fourth-order valence-electron chi connectivity index (χ4n) is 2.22. The van der Waals surface area contributed by atoms with Crippen molar-refractivity contribution in [3.8, 4) is 5.82 Å². The van der Waals surface area contributed by atoms with E-state index in [1.54, 1.807) is 35.4 Å². The molecule has 0 saturated heterocycles. The fraction of sp³-hybridized carbons (Fsp3) is 0.176. The molecule has 0 saturated carbocycles. The Morgan fingerprint density at radius 1 is 1.25 bits per heavy atom. The van der Waals surface area contributed by atoms with E-state index in [-0.39, 0.29) is 5.97 Å². The molecule has 7 heteroatoms. The van der Waals surface area contributed by atoms with E-state index in [1.807, 2.05) is 24.4 Å². The number of carbonyl (C=O) groups excluding carboxylic acids is 1. The van der Waals surface area contributed by atoms with Gasteiger partial charge in [0, 0.05) is 18.9 Å². The van der Waals surface area contributed by atoms with Crippen LogP contribution in [-0.4, -0.2) is 39.4 Å². The predicted octanol–water partition coefficient (Wildman–Crippen LogP) is 2.10. The van der Waals surface area contributed by atoms with Crippen LogP contribution in [0.2, 0.25) is 0 Å². The number of nitrogens with one attached hydrogen (secondary N) is 1. The zero-order valence-corrected chi connectivity index (χ0v) is 13.2. The molecule has 3 aromatic rings. The molecule has 0 aliphatic rings. The zero-order valence-electron chi connectivity index (χ0n) is 13.2. The molecule has 3 rings (SSSR count). The number of esters is 1. The van der Waals surface area contributed by atoms with Gasteiger partial charge < -0.3 is 10.1 Å². The average molecular weight is 323 g/mol. The van der Waals surface area contributed by atoms with E-state index in [9.17, 15) is 4.79 Å². The summed E-state index contributed by atoms with van der Waals surface area (Å²) in [5.41, 5.74) is 1.67. The molecular formula is C17H17N5O2. The van der Waals surface area contributed by atoms with Crippen molar-refractivity contribution in [2.45, 2.75) is 6.42 Å². The van der Waals surface area contributed by atoms with Crippen LogP contribution in [0.5, 0.6) is 0 Å². The quantitative estimate of drug-likeness (QED) is 0.700. The van der Waals surface area contributed by atoms with Gasteiger partial charge in [-0.1, -0.05) is 12.1 Å². The summed E-state index contributed by atoms with van der Waals surface area (Å²) in [7, 11) is 1.37. The number of methoxy groups -OCH3 is 1. The molecule has 24 heavy (non-hydrogen) atoms. The third-order valence-corrected chi connectivity index (χ3v) is 3.46. The van der Waals surface area contributed by atoms with Gasteiger partial charge in [0.15, 0.2) is 5.82 Å². The summed E-state index contributed by atoms with van der Waals surface area (Å²) in [6.07, 6.45) is 7.64. The Bertz CT molecular complexity index is 800. The van der Waals surface area contributed by atoms with Crippen LogP contribution in [0.1, 0.15) is 15.9 Å². The Kier molecular flexibility index (Phi) is 4.81. The average Bonchev–Trinajstić information content (AvgIpc) is 3.17. The lowest BCUT2D eigenvalue weighted by atomic mass is 10.1. The van der Waals surface area contributed by atoms with Crippen molar-refractivity contribution in [2.75, 3.05) is 19.0 Å². The molecule has 0 fully saturated rings. The van der Waals surface area contributed by atoms with Crippen LogP contribution in [-0.2, 0) is 11.2 Å². The number of carbonyl (C=O) groups is 1. The van der Waals surface area contributed by atoms with Gasteiger partial charge >= 0.3 is 5.97 Å². The van der Waals surface area contributed by atoms with Crippen LogP contribution in [0.25, 0.3) is 5.82 Å². The predicted molar refractivity (Wildman–Crippen MR) is 89.1 cm³/mol. The van der Waals surface area contributed by atoms with Crippen LogP contribution >= 0.6 is 0 Å². The van der Waals surface area contributed by atoms with E-state index in [2.05, 4.69) is 25.1 Å². The Hall–Kier alpha value is -3.22. The number of aromatic nitrogens is 4. The molecule has 0 aliphatic heterocycles. The van der Waals surface area contributed by atoms with Crippen molar-refractivity contribution in [3.05, 3.63) is 66.2 Å². The van der Waals surface area contributed by atoms with Crippen LogP contribution in [0.3, 0.4) is 0 Å². The van der Waals surface area contributed by atoms with Gasteiger partial charge in [0.05, 0.1) is 25.1 Å². The summed E-state index contributed by atoms with van der Waals surface area (Å²) in [5, 5.41) is 7.37. The molecule has 0 aliphatic carbocycles. The summed E-state index contributed by atoms with van der Waals surface area (Å²) in [6.45, 7) is 0.703. The first-order valence-corrected chi connectivity index (χ1v) is 7.49. The Morgan fingerprint density at radius 2 is 2.08 bits per heavy atom. The molecule has 0 radical (unpaired) electrons. The first-order chi connectivity index (χ1) is 11.8. The number of nitrogens with zero attached hydrogens (tertiary/aromatic N) is 4. The minimum Gasteiger partial charge on any atom is -0.465 e. The van der Waals surface area contributed by atoms with Gasteiger partial charge in [-0.25, -0.2) is 14.5 Å². The molecule has 0 unspecified atom stereocenters. The number of benzene rings is 1. The lowest BCUT2D eigenvalue weighted by Gasteiger charge is -2.07. The monoisotopic (exact) mass is 323 g/mol. The van der Waals surface area contributed by atoms with Gasteiger partial charge in [0.25, 0.3) is 0 Å². The minimum atomic E-state index is -0.328. The van der Waals surface area contributed by atoms with Crippen molar-refractivity contribution in [2.24, 2.45) is 0 Å². The molecule has 122 valence electrons. The van der Waals surface area contributed by atoms with Gasteiger partial charge in [0.2, 0.25) is 0 Å². The highest BCUT2D eigenvalue weighted by atomic mass is 16.5. The maximum atomic E-state index is 11.4. The number of hydrogen-bond donors (Lipinski definition) is 1. The number of rotatable bonds is 6. The summed E-state index contributed by atoms with van der Waals surface area (Å²) in [4.78, 5) is 20.0. The maximum Gasteiger partial charge on any atom is 0.337 e. The van der Waals surface area contributed by atoms with E-state index in [0.717, 1.165) is 12.0 Å². The second kappa shape index (κ2) is 7.36. The molecule has 2 aromatic heterocycles. The molecule has 0 bridgehead atoms. The largest absolute Gasteiger partial charge is 0.465 e. The topological polar surface area (TPSA) is 81.9 Å². The SMILES string of the molecule is COC(=O)c1ccc(CCNc2cncc(-n3cccn3)n2)cc1. The van der Waals surface area contributed by atoms with E-state index >= 15 is 0 Å². The summed E-state index contributed by atoms with van der Waals surface area (Å²) >= 11 is 0. The Labute approximate surface area is 139 Å². The second-order valence-electron chi connectivity index (χ2n) is 5.08. The third-order valence-electron chi connectivity index (χ3n) is 3.46. The van der Waals surface area contributed by atoms with Gasteiger partial charge in [-0.15, -0.1) is 0 Å². The van der Waals surface area contributed by atoms with Crippen LogP contribution in [0.15, 0.2) is 55.1 Å². The highest BCUT2D eigenvalue weighted by Crippen LogP contribution is 2.09. The smallest absolute Gasteiger partial charge is 0.337 e. The lowest BCUT2D eigenvalue weighted by molar-refractivity contribution is 0.0600. The summed E-state index contributed by atoms with van der Waals surface area (Å²) in [6, 6.07) is 9.19. The Morgan fingerprint density at radius 3 is 2.79 bits per heavy atom. The van der Waals surface area contributed by atoms with Crippen LogP contribution < -0.4 is 5.32 Å². The standard InChI is InChI=1S/C17H17N5O2/c1-24-17(23)14-5-3-13(4-6-14)7-9-19-15-11-18-12-16(21-15)22-10-2-8-20-22/h2-6,8,10-12H,7,9H2,1H3,(H,19,21). The minimum absolute atomic E-state index is 0.328. The molecule has 0 spiro atoms. The molecule has 0 atom stereocenters. The molecular weight excluding hydrogens is 306 g/mol. The zero-order chi connectivity index (χ0) is 16.8. The van der Waals surface area contributed by atoms with Gasteiger partial charge in [-0.05, 0) is 30.2 Å². The van der Waals surface area contributed by atoms with Gasteiger partial charge in [-0.2, -0.15) is 5.10 Å². The highest BCUT2D eigenvalue weighted by molar-refractivity contribution is 5.89. The number of hydrogen-bond acceptors (Lipinski definition) is 6. The van der Waals surface area contributed by atoms with Crippen molar-refractivity contribution in [1.29, 1.82) is 0 Å². The third kappa shape index (κ3) is 3.75. The Balaban J connectivity index is 1.57. The van der Waals surface area contributed by atoms with Gasteiger partial charge in [-0.3, -0.25) is 4.98 Å². The molecule has 2 heterocycles.